The highest BCUT2D eigenvalue weighted by atomic mass is 32.1. The summed E-state index contributed by atoms with van der Waals surface area (Å²) >= 11 is 1.19. The van der Waals surface area contributed by atoms with Crippen molar-refractivity contribution in [2.75, 3.05) is 0 Å². The summed E-state index contributed by atoms with van der Waals surface area (Å²) in [7, 11) is 0. The zero-order valence-electron chi connectivity index (χ0n) is 12.8. The molecule has 0 radical (unpaired) electrons. The highest BCUT2D eigenvalue weighted by molar-refractivity contribution is 7.05. The second-order valence-corrected chi connectivity index (χ2v) is 7.07. The minimum absolute atomic E-state index is 0.165. The second-order valence-electron chi connectivity index (χ2n) is 6.29. The lowest BCUT2D eigenvalue weighted by Gasteiger charge is -2.13. The van der Waals surface area contributed by atoms with Gasteiger partial charge in [-0.15, -0.1) is 0 Å². The van der Waals surface area contributed by atoms with E-state index in [2.05, 4.69) is 9.36 Å². The SMILES string of the molecule is Cc1ccc(CC(C(=O)O)c2nc(C(C)(C)C)ns2)cc1. The summed E-state index contributed by atoms with van der Waals surface area (Å²) in [5.74, 6) is -0.786. The molecule has 2 aromatic rings. The Hall–Kier alpha value is -1.75. The fourth-order valence-corrected chi connectivity index (χ4v) is 2.85. The van der Waals surface area contributed by atoms with Crippen LogP contribution in [0.5, 0.6) is 0 Å². The average molecular weight is 304 g/mol. The van der Waals surface area contributed by atoms with Crippen LogP contribution < -0.4 is 0 Å². The van der Waals surface area contributed by atoms with Crippen molar-refractivity contribution in [3.63, 3.8) is 0 Å². The quantitative estimate of drug-likeness (QED) is 0.938. The lowest BCUT2D eigenvalue weighted by Crippen LogP contribution is -2.16. The first-order valence-electron chi connectivity index (χ1n) is 6.90. The number of hydrogen-bond acceptors (Lipinski definition) is 4. The average Bonchev–Trinajstić information content (AvgIpc) is 2.87. The Labute approximate surface area is 129 Å². The van der Waals surface area contributed by atoms with Crippen LogP contribution in [0.15, 0.2) is 24.3 Å². The van der Waals surface area contributed by atoms with Crippen molar-refractivity contribution < 1.29 is 9.90 Å². The van der Waals surface area contributed by atoms with Gasteiger partial charge >= 0.3 is 5.97 Å². The van der Waals surface area contributed by atoms with Gasteiger partial charge in [0.2, 0.25) is 0 Å². The topological polar surface area (TPSA) is 63.1 Å². The molecule has 0 saturated carbocycles. The van der Waals surface area contributed by atoms with E-state index in [1.54, 1.807) is 0 Å². The fraction of sp³-hybridized carbons (Fsp3) is 0.438. The molecule has 1 atom stereocenters. The molecule has 0 amide bonds. The van der Waals surface area contributed by atoms with Crippen LogP contribution in [0.25, 0.3) is 0 Å². The summed E-state index contributed by atoms with van der Waals surface area (Å²) in [6.45, 7) is 8.08. The van der Waals surface area contributed by atoms with Crippen LogP contribution in [0.2, 0.25) is 0 Å². The number of aryl methyl sites for hydroxylation is 1. The Balaban J connectivity index is 2.25. The smallest absolute Gasteiger partial charge is 0.313 e. The minimum atomic E-state index is -0.854. The summed E-state index contributed by atoms with van der Waals surface area (Å²) in [6.07, 6.45) is 0.439. The van der Waals surface area contributed by atoms with Gasteiger partial charge in [0.05, 0.1) is 0 Å². The van der Waals surface area contributed by atoms with E-state index in [0.717, 1.165) is 11.1 Å². The maximum absolute atomic E-state index is 11.6. The molecule has 112 valence electrons. The van der Waals surface area contributed by atoms with Gasteiger partial charge in [-0.2, -0.15) is 4.37 Å². The molecule has 0 aliphatic heterocycles. The molecule has 0 saturated heterocycles. The van der Waals surface area contributed by atoms with Crippen molar-refractivity contribution in [3.8, 4) is 0 Å². The standard InChI is InChI=1S/C16H20N2O2S/c1-10-5-7-11(8-6-10)9-12(14(19)20)13-17-15(18-21-13)16(2,3)4/h5-8,12H,9H2,1-4H3,(H,19,20). The molecule has 4 nitrogen and oxygen atoms in total. The van der Waals surface area contributed by atoms with Crippen LogP contribution in [0.1, 0.15) is 48.6 Å². The van der Waals surface area contributed by atoms with Crippen molar-refractivity contribution >= 4 is 17.5 Å². The number of carboxylic acids is 1. The predicted molar refractivity (Wildman–Crippen MR) is 83.9 cm³/mol. The summed E-state index contributed by atoms with van der Waals surface area (Å²) in [5, 5.41) is 10.1. The van der Waals surface area contributed by atoms with Crippen molar-refractivity contribution in [1.82, 2.24) is 9.36 Å². The molecule has 0 spiro atoms. The first-order chi connectivity index (χ1) is 9.77. The number of aliphatic carboxylic acids is 1. The van der Waals surface area contributed by atoms with Crippen LogP contribution in [0.3, 0.4) is 0 Å². The van der Waals surface area contributed by atoms with Gasteiger partial charge in [0.1, 0.15) is 16.7 Å². The Bertz CT molecular complexity index is 626. The van der Waals surface area contributed by atoms with Crippen molar-refractivity contribution in [2.45, 2.75) is 45.4 Å². The Morgan fingerprint density at radius 1 is 1.29 bits per heavy atom. The minimum Gasteiger partial charge on any atom is -0.481 e. The van der Waals surface area contributed by atoms with Gasteiger partial charge in [-0.05, 0) is 30.4 Å². The number of carbonyl (C=O) groups is 1. The molecular formula is C16H20N2O2S. The molecular weight excluding hydrogens is 284 g/mol. The molecule has 1 heterocycles. The molecule has 1 aromatic heterocycles. The summed E-state index contributed by atoms with van der Waals surface area (Å²) < 4.78 is 4.31. The van der Waals surface area contributed by atoms with Crippen molar-refractivity contribution in [1.29, 1.82) is 0 Å². The second kappa shape index (κ2) is 5.93. The number of carboxylic acid groups (broad SMARTS) is 1. The number of rotatable bonds is 4. The molecule has 0 aliphatic rings. The van der Waals surface area contributed by atoms with Crippen molar-refractivity contribution in [3.05, 3.63) is 46.2 Å². The van der Waals surface area contributed by atoms with Crippen LogP contribution in [0.4, 0.5) is 0 Å². The third-order valence-corrected chi connectivity index (χ3v) is 4.10. The van der Waals surface area contributed by atoms with Gasteiger partial charge in [-0.3, -0.25) is 4.79 Å². The molecule has 0 aliphatic carbocycles. The van der Waals surface area contributed by atoms with E-state index < -0.39 is 11.9 Å². The number of hydrogen-bond donors (Lipinski definition) is 1. The molecule has 0 fully saturated rings. The zero-order valence-corrected chi connectivity index (χ0v) is 13.6. The van der Waals surface area contributed by atoms with Crippen LogP contribution in [-0.4, -0.2) is 20.4 Å². The van der Waals surface area contributed by atoms with Gasteiger partial charge in [0.15, 0.2) is 0 Å². The van der Waals surface area contributed by atoms with Crippen LogP contribution >= 0.6 is 11.5 Å². The van der Waals surface area contributed by atoms with Gasteiger partial charge in [0.25, 0.3) is 0 Å². The van der Waals surface area contributed by atoms with E-state index in [4.69, 9.17) is 0 Å². The third kappa shape index (κ3) is 3.88. The predicted octanol–water partition coefficient (Wildman–Crippen LogP) is 3.55. The molecule has 1 N–H and O–H groups in total. The summed E-state index contributed by atoms with van der Waals surface area (Å²) in [4.78, 5) is 16.0. The van der Waals surface area contributed by atoms with Gasteiger partial charge < -0.3 is 5.11 Å². The lowest BCUT2D eigenvalue weighted by atomic mass is 9.95. The van der Waals surface area contributed by atoms with E-state index in [1.165, 1.54) is 11.5 Å². The first-order valence-corrected chi connectivity index (χ1v) is 7.67. The van der Waals surface area contributed by atoms with Crippen molar-refractivity contribution in [2.24, 2.45) is 0 Å². The molecule has 21 heavy (non-hydrogen) atoms. The normalized spacial score (nSPS) is 13.1. The van der Waals surface area contributed by atoms with Gasteiger partial charge in [-0.25, -0.2) is 4.98 Å². The van der Waals surface area contributed by atoms with E-state index in [-0.39, 0.29) is 5.41 Å². The van der Waals surface area contributed by atoms with E-state index in [9.17, 15) is 9.90 Å². The van der Waals surface area contributed by atoms with E-state index in [0.29, 0.717) is 17.3 Å². The Morgan fingerprint density at radius 3 is 2.38 bits per heavy atom. The largest absolute Gasteiger partial charge is 0.481 e. The molecule has 1 unspecified atom stereocenters. The molecule has 0 bridgehead atoms. The number of aromatic nitrogens is 2. The van der Waals surface area contributed by atoms with Crippen LogP contribution in [0, 0.1) is 6.92 Å². The highest BCUT2D eigenvalue weighted by Crippen LogP contribution is 2.27. The van der Waals surface area contributed by atoms with Gasteiger partial charge in [-0.1, -0.05) is 50.6 Å². The summed E-state index contributed by atoms with van der Waals surface area (Å²) in [6, 6.07) is 7.93. The Kier molecular flexibility index (Phi) is 4.42. The summed E-state index contributed by atoms with van der Waals surface area (Å²) in [5.41, 5.74) is 2.00. The molecule has 2 rings (SSSR count). The number of nitrogens with zero attached hydrogens (tertiary/aromatic N) is 2. The van der Waals surface area contributed by atoms with Gasteiger partial charge in [0, 0.05) is 5.41 Å². The maximum Gasteiger partial charge on any atom is 0.313 e. The zero-order chi connectivity index (χ0) is 15.6. The molecule has 1 aromatic carbocycles. The maximum atomic E-state index is 11.6. The first kappa shape index (κ1) is 15.6. The van der Waals surface area contributed by atoms with E-state index >= 15 is 0 Å². The lowest BCUT2D eigenvalue weighted by molar-refractivity contribution is -0.138. The Morgan fingerprint density at radius 2 is 1.90 bits per heavy atom. The van der Waals surface area contributed by atoms with Crippen LogP contribution in [-0.2, 0) is 16.6 Å². The highest BCUT2D eigenvalue weighted by Gasteiger charge is 2.27. The van der Waals surface area contributed by atoms with E-state index in [1.807, 2.05) is 52.0 Å². The fourth-order valence-electron chi connectivity index (χ4n) is 1.92. The molecule has 5 heteroatoms. The monoisotopic (exact) mass is 304 g/mol. The number of benzene rings is 1. The third-order valence-electron chi connectivity index (χ3n) is 3.27.